The topological polar surface area (TPSA) is 58.4 Å². The first-order chi connectivity index (χ1) is 8.42. The zero-order valence-corrected chi connectivity index (χ0v) is 11.1. The van der Waals surface area contributed by atoms with Gasteiger partial charge in [-0.15, -0.1) is 0 Å². The minimum atomic E-state index is -0.335. The molecule has 1 aliphatic rings. The van der Waals surface area contributed by atoms with Crippen LogP contribution in [0.2, 0.25) is 0 Å². The molecule has 5 nitrogen and oxygen atoms in total. The zero-order valence-electron chi connectivity index (χ0n) is 11.1. The summed E-state index contributed by atoms with van der Waals surface area (Å²) in [5.41, 5.74) is 2.18. The van der Waals surface area contributed by atoms with Crippen LogP contribution in [0.25, 0.3) is 0 Å². The number of hydrogen-bond acceptors (Lipinski definition) is 4. The molecule has 1 heterocycles. The van der Waals surface area contributed by atoms with Gasteiger partial charge in [-0.2, -0.15) is 0 Å². The highest BCUT2D eigenvalue weighted by molar-refractivity contribution is 5.60. The fraction of sp³-hybridized carbons (Fsp3) is 0.538. The Morgan fingerprint density at radius 2 is 2.17 bits per heavy atom. The van der Waals surface area contributed by atoms with E-state index in [0.29, 0.717) is 0 Å². The number of hydrogen-bond donors (Lipinski definition) is 1. The lowest BCUT2D eigenvalue weighted by molar-refractivity contribution is -0.384. The fourth-order valence-corrected chi connectivity index (χ4v) is 2.43. The van der Waals surface area contributed by atoms with E-state index in [4.69, 9.17) is 0 Å². The van der Waals surface area contributed by atoms with E-state index in [1.807, 2.05) is 13.0 Å². The van der Waals surface area contributed by atoms with Crippen LogP contribution in [0.15, 0.2) is 18.2 Å². The molecule has 0 aliphatic carbocycles. The predicted molar refractivity (Wildman–Crippen MR) is 72.1 cm³/mol. The van der Waals surface area contributed by atoms with Crippen LogP contribution in [0.1, 0.15) is 19.4 Å². The van der Waals surface area contributed by atoms with Gasteiger partial charge in [0.2, 0.25) is 0 Å². The van der Waals surface area contributed by atoms with Crippen molar-refractivity contribution in [1.29, 1.82) is 0 Å². The van der Waals surface area contributed by atoms with E-state index >= 15 is 0 Å². The number of nitro benzene ring substituents is 1. The van der Waals surface area contributed by atoms with E-state index in [1.165, 1.54) is 0 Å². The van der Waals surface area contributed by atoms with Crippen molar-refractivity contribution in [2.45, 2.75) is 26.3 Å². The van der Waals surface area contributed by atoms with Gasteiger partial charge in [-0.25, -0.2) is 0 Å². The molecular formula is C13H19N3O2. The Morgan fingerprint density at radius 3 is 2.78 bits per heavy atom. The summed E-state index contributed by atoms with van der Waals surface area (Å²) in [6, 6.07) is 5.07. The van der Waals surface area contributed by atoms with Crippen molar-refractivity contribution in [2.75, 3.05) is 24.5 Å². The van der Waals surface area contributed by atoms with Crippen LogP contribution in [0, 0.1) is 17.0 Å². The summed E-state index contributed by atoms with van der Waals surface area (Å²) in [7, 11) is 0. The molecule has 0 bridgehead atoms. The summed E-state index contributed by atoms with van der Waals surface area (Å²) in [6.07, 6.45) is 0. The van der Waals surface area contributed by atoms with E-state index < -0.39 is 0 Å². The van der Waals surface area contributed by atoms with E-state index in [1.54, 1.807) is 12.1 Å². The van der Waals surface area contributed by atoms with Gasteiger partial charge in [0.05, 0.1) is 4.92 Å². The maximum Gasteiger partial charge on any atom is 0.271 e. The highest BCUT2D eigenvalue weighted by atomic mass is 16.6. The molecule has 1 aliphatic heterocycles. The van der Waals surface area contributed by atoms with Gasteiger partial charge >= 0.3 is 0 Å². The molecule has 0 radical (unpaired) electrons. The highest BCUT2D eigenvalue weighted by Gasteiger charge is 2.31. The van der Waals surface area contributed by atoms with Crippen LogP contribution in [0.3, 0.4) is 0 Å². The molecule has 0 atom stereocenters. The molecule has 0 amide bonds. The van der Waals surface area contributed by atoms with Crippen molar-refractivity contribution in [3.63, 3.8) is 0 Å². The lowest BCUT2D eigenvalue weighted by Gasteiger charge is -2.45. The zero-order chi connectivity index (χ0) is 13.3. The Bertz CT molecular complexity index is 471. The third-order valence-corrected chi connectivity index (χ3v) is 3.49. The van der Waals surface area contributed by atoms with Crippen LogP contribution in [-0.4, -0.2) is 30.1 Å². The van der Waals surface area contributed by atoms with Crippen molar-refractivity contribution in [3.8, 4) is 0 Å². The smallest absolute Gasteiger partial charge is 0.271 e. The quantitative estimate of drug-likeness (QED) is 0.644. The van der Waals surface area contributed by atoms with Crippen LogP contribution >= 0.6 is 0 Å². The Morgan fingerprint density at radius 1 is 1.44 bits per heavy atom. The highest BCUT2D eigenvalue weighted by Crippen LogP contribution is 2.31. The second-order valence-electron chi connectivity index (χ2n) is 5.37. The Hall–Kier alpha value is -1.62. The summed E-state index contributed by atoms with van der Waals surface area (Å²) < 4.78 is 0. The molecular weight excluding hydrogens is 230 g/mol. The first-order valence-corrected chi connectivity index (χ1v) is 6.15. The van der Waals surface area contributed by atoms with Crippen molar-refractivity contribution in [1.82, 2.24) is 5.32 Å². The van der Waals surface area contributed by atoms with E-state index in [0.717, 1.165) is 30.9 Å². The Balaban J connectivity index is 2.42. The first-order valence-electron chi connectivity index (χ1n) is 6.15. The molecule has 0 aromatic heterocycles. The van der Waals surface area contributed by atoms with Gasteiger partial charge in [0, 0.05) is 43.0 Å². The van der Waals surface area contributed by atoms with Gasteiger partial charge in [0.15, 0.2) is 0 Å². The molecule has 1 saturated heterocycles. The Kier molecular flexibility index (Phi) is 3.26. The third kappa shape index (κ3) is 2.31. The number of nitro groups is 1. The molecule has 18 heavy (non-hydrogen) atoms. The molecule has 0 saturated carbocycles. The molecule has 0 unspecified atom stereocenters. The first kappa shape index (κ1) is 12.8. The van der Waals surface area contributed by atoms with Gasteiger partial charge in [-0.1, -0.05) is 6.07 Å². The van der Waals surface area contributed by atoms with Crippen molar-refractivity contribution >= 4 is 11.4 Å². The minimum absolute atomic E-state index is 0.0295. The predicted octanol–water partition coefficient (Wildman–Crippen LogP) is 2.09. The van der Waals surface area contributed by atoms with E-state index in [2.05, 4.69) is 24.1 Å². The Labute approximate surface area is 107 Å². The second-order valence-corrected chi connectivity index (χ2v) is 5.37. The summed E-state index contributed by atoms with van der Waals surface area (Å²) >= 11 is 0. The average molecular weight is 249 g/mol. The molecule has 0 spiro atoms. The maximum absolute atomic E-state index is 10.9. The fourth-order valence-electron chi connectivity index (χ4n) is 2.43. The number of piperazine rings is 1. The van der Waals surface area contributed by atoms with Gasteiger partial charge in [0.1, 0.15) is 0 Å². The van der Waals surface area contributed by atoms with Crippen molar-refractivity contribution in [3.05, 3.63) is 33.9 Å². The molecule has 2 rings (SSSR count). The van der Waals surface area contributed by atoms with Crippen LogP contribution in [0.4, 0.5) is 11.4 Å². The monoisotopic (exact) mass is 249 g/mol. The summed E-state index contributed by atoms with van der Waals surface area (Å²) in [6.45, 7) is 8.96. The molecule has 1 aromatic carbocycles. The second kappa shape index (κ2) is 4.57. The number of non-ortho nitro benzene ring substituents is 1. The summed E-state index contributed by atoms with van der Waals surface area (Å²) in [4.78, 5) is 12.8. The lowest BCUT2D eigenvalue weighted by atomic mass is 9.97. The largest absolute Gasteiger partial charge is 0.363 e. The average Bonchev–Trinajstić information content (AvgIpc) is 2.29. The number of benzene rings is 1. The van der Waals surface area contributed by atoms with Crippen molar-refractivity contribution < 1.29 is 4.92 Å². The van der Waals surface area contributed by atoms with Crippen molar-refractivity contribution in [2.24, 2.45) is 0 Å². The normalized spacial score (nSPS) is 18.7. The third-order valence-electron chi connectivity index (χ3n) is 3.49. The number of aryl methyl sites for hydroxylation is 1. The van der Waals surface area contributed by atoms with Gasteiger partial charge in [-0.05, 0) is 26.3 Å². The number of anilines is 1. The molecule has 1 fully saturated rings. The van der Waals surface area contributed by atoms with Gasteiger partial charge in [0.25, 0.3) is 5.69 Å². The molecule has 1 aromatic rings. The minimum Gasteiger partial charge on any atom is -0.363 e. The number of nitrogens with one attached hydrogen (secondary N) is 1. The lowest BCUT2D eigenvalue weighted by Crippen LogP contribution is -2.58. The number of rotatable bonds is 2. The van der Waals surface area contributed by atoms with Crippen LogP contribution in [0.5, 0.6) is 0 Å². The molecule has 5 heteroatoms. The van der Waals surface area contributed by atoms with E-state index in [-0.39, 0.29) is 16.1 Å². The van der Waals surface area contributed by atoms with Crippen LogP contribution < -0.4 is 10.2 Å². The summed E-state index contributed by atoms with van der Waals surface area (Å²) in [5.74, 6) is 0. The SMILES string of the molecule is Cc1ccc([N+](=O)[O-])cc1N1CCNCC1(C)C. The standard InChI is InChI=1S/C13H19N3O2/c1-10-4-5-11(16(17)18)8-12(10)15-7-6-14-9-13(15,2)3/h4-5,8,14H,6-7,9H2,1-3H3. The number of nitrogens with zero attached hydrogens (tertiary/aromatic N) is 2. The van der Waals surface area contributed by atoms with E-state index in [9.17, 15) is 10.1 Å². The maximum atomic E-state index is 10.9. The van der Waals surface area contributed by atoms with Gasteiger partial charge < -0.3 is 10.2 Å². The van der Waals surface area contributed by atoms with Crippen LogP contribution in [-0.2, 0) is 0 Å². The molecule has 98 valence electrons. The molecule has 1 N–H and O–H groups in total. The summed E-state index contributed by atoms with van der Waals surface area (Å²) in [5, 5.41) is 14.2. The van der Waals surface area contributed by atoms with Gasteiger partial charge in [-0.3, -0.25) is 10.1 Å².